The fraction of sp³-hybridized carbons (Fsp3) is 0.316. The number of anilines is 1. The van der Waals surface area contributed by atoms with Gasteiger partial charge in [-0.25, -0.2) is 4.68 Å². The zero-order chi connectivity index (χ0) is 19.9. The van der Waals surface area contributed by atoms with Crippen molar-refractivity contribution in [3.05, 3.63) is 57.6 Å². The van der Waals surface area contributed by atoms with Crippen LogP contribution in [0.25, 0.3) is 0 Å². The minimum Gasteiger partial charge on any atom is -0.490 e. The predicted molar refractivity (Wildman–Crippen MR) is 109 cm³/mol. The first kappa shape index (κ1) is 20.2. The van der Waals surface area contributed by atoms with Crippen molar-refractivity contribution in [1.82, 2.24) is 20.2 Å². The van der Waals surface area contributed by atoms with Crippen molar-refractivity contribution in [2.75, 3.05) is 11.9 Å². The Hall–Kier alpha value is -2.51. The Bertz CT molecular complexity index is 932. The zero-order valence-electron chi connectivity index (χ0n) is 15.7. The molecule has 0 unspecified atom stereocenters. The molecule has 0 aliphatic rings. The van der Waals surface area contributed by atoms with E-state index in [9.17, 15) is 0 Å². The summed E-state index contributed by atoms with van der Waals surface area (Å²) in [6.07, 6.45) is 0. The molecule has 148 valence electrons. The fourth-order valence-electron chi connectivity index (χ4n) is 2.57. The number of nitrogens with zero attached hydrogens (tertiary/aromatic N) is 4. The van der Waals surface area contributed by atoms with Crippen LogP contribution in [0.3, 0.4) is 0 Å². The largest absolute Gasteiger partial charge is 0.490 e. The van der Waals surface area contributed by atoms with E-state index in [4.69, 9.17) is 32.7 Å². The van der Waals surface area contributed by atoms with Gasteiger partial charge in [0.25, 0.3) is 0 Å². The second-order valence-electron chi connectivity index (χ2n) is 5.91. The van der Waals surface area contributed by atoms with Crippen molar-refractivity contribution in [2.24, 2.45) is 0 Å². The maximum absolute atomic E-state index is 6.21. The van der Waals surface area contributed by atoms with E-state index in [1.54, 1.807) is 16.8 Å². The van der Waals surface area contributed by atoms with Gasteiger partial charge in [-0.1, -0.05) is 40.4 Å². The highest BCUT2D eigenvalue weighted by atomic mass is 35.5. The number of hydrogen-bond acceptors (Lipinski definition) is 6. The highest BCUT2D eigenvalue weighted by molar-refractivity contribution is 6.35. The van der Waals surface area contributed by atoms with Gasteiger partial charge in [0.2, 0.25) is 5.95 Å². The maximum atomic E-state index is 6.21. The van der Waals surface area contributed by atoms with E-state index in [2.05, 4.69) is 20.8 Å². The molecule has 1 heterocycles. The van der Waals surface area contributed by atoms with E-state index >= 15 is 0 Å². The van der Waals surface area contributed by atoms with E-state index in [1.165, 1.54) is 0 Å². The highest BCUT2D eigenvalue weighted by Crippen LogP contribution is 2.30. The van der Waals surface area contributed by atoms with Gasteiger partial charge in [0.05, 0.1) is 6.61 Å². The van der Waals surface area contributed by atoms with Crippen LogP contribution in [0.2, 0.25) is 10.0 Å². The number of aryl methyl sites for hydroxylation is 1. The molecule has 1 aromatic heterocycles. The van der Waals surface area contributed by atoms with E-state index in [-0.39, 0.29) is 0 Å². The normalized spacial score (nSPS) is 10.7. The van der Waals surface area contributed by atoms with Gasteiger partial charge in [-0.3, -0.25) is 0 Å². The Labute approximate surface area is 173 Å². The minimum absolute atomic E-state index is 0.318. The summed E-state index contributed by atoms with van der Waals surface area (Å²) < 4.78 is 13.4. The number of rotatable bonds is 9. The van der Waals surface area contributed by atoms with E-state index in [1.807, 2.05) is 38.1 Å². The molecule has 0 saturated heterocycles. The average Bonchev–Trinajstić information content (AvgIpc) is 3.14. The average molecular weight is 422 g/mol. The molecule has 0 aliphatic heterocycles. The van der Waals surface area contributed by atoms with E-state index < -0.39 is 0 Å². The summed E-state index contributed by atoms with van der Waals surface area (Å²) in [6.45, 7) is 6.01. The molecule has 0 bridgehead atoms. The van der Waals surface area contributed by atoms with Crippen LogP contribution in [0.15, 0.2) is 36.4 Å². The lowest BCUT2D eigenvalue weighted by molar-refractivity contribution is 0.269. The standard InChI is InChI=1S/C19H21Cl2N5O2/c1-3-26-19(23-24-25-26)22-11-13-5-8-17(18(9-13)27-4-2)28-12-14-6-7-15(20)10-16(14)21/h5-10H,3-4,11-12H2,1-2H3,(H,22,23,25). The number of halogens is 2. The van der Waals surface area contributed by atoms with Crippen LogP contribution < -0.4 is 14.8 Å². The second-order valence-corrected chi connectivity index (χ2v) is 6.75. The third kappa shape index (κ3) is 5.05. The molecule has 0 atom stereocenters. The Morgan fingerprint density at radius 2 is 1.89 bits per heavy atom. The molecule has 0 spiro atoms. The summed E-state index contributed by atoms with van der Waals surface area (Å²) in [5, 5.41) is 15.9. The molecule has 0 aliphatic carbocycles. The van der Waals surface area contributed by atoms with Crippen LogP contribution in [0.1, 0.15) is 25.0 Å². The number of nitrogens with one attached hydrogen (secondary N) is 1. The Morgan fingerprint density at radius 1 is 1.04 bits per heavy atom. The predicted octanol–water partition coefficient (Wildman–Crippen LogP) is 4.59. The fourth-order valence-corrected chi connectivity index (χ4v) is 3.03. The van der Waals surface area contributed by atoms with Gasteiger partial charge < -0.3 is 14.8 Å². The van der Waals surface area contributed by atoms with Gasteiger partial charge >= 0.3 is 0 Å². The number of benzene rings is 2. The molecule has 2 aromatic carbocycles. The summed E-state index contributed by atoms with van der Waals surface area (Å²) in [6, 6.07) is 11.1. The summed E-state index contributed by atoms with van der Waals surface area (Å²) in [5.41, 5.74) is 1.87. The SMILES string of the molecule is CCOc1cc(CNc2nnnn2CC)ccc1OCc1ccc(Cl)cc1Cl. The van der Waals surface area contributed by atoms with Crippen molar-refractivity contribution in [3.8, 4) is 11.5 Å². The minimum atomic E-state index is 0.318. The van der Waals surface area contributed by atoms with Gasteiger partial charge in [0, 0.05) is 28.7 Å². The van der Waals surface area contributed by atoms with Crippen molar-refractivity contribution in [2.45, 2.75) is 33.5 Å². The van der Waals surface area contributed by atoms with Gasteiger partial charge in [-0.15, -0.1) is 0 Å². The molecular weight excluding hydrogens is 401 g/mol. The molecule has 0 fully saturated rings. The first-order chi connectivity index (χ1) is 13.6. The highest BCUT2D eigenvalue weighted by Gasteiger charge is 2.10. The number of aromatic nitrogens is 4. The number of hydrogen-bond donors (Lipinski definition) is 1. The molecule has 3 rings (SSSR count). The van der Waals surface area contributed by atoms with Crippen LogP contribution >= 0.6 is 23.2 Å². The first-order valence-corrected chi connectivity index (χ1v) is 9.68. The van der Waals surface area contributed by atoms with Crippen LogP contribution in [0, 0.1) is 0 Å². The van der Waals surface area contributed by atoms with Crippen molar-refractivity contribution in [1.29, 1.82) is 0 Å². The van der Waals surface area contributed by atoms with Crippen molar-refractivity contribution >= 4 is 29.2 Å². The molecule has 0 saturated carbocycles. The van der Waals surface area contributed by atoms with Crippen LogP contribution in [0.4, 0.5) is 5.95 Å². The summed E-state index contributed by atoms with van der Waals surface area (Å²) in [7, 11) is 0. The quantitative estimate of drug-likeness (QED) is 0.544. The van der Waals surface area contributed by atoms with E-state index in [0.717, 1.165) is 11.1 Å². The van der Waals surface area contributed by atoms with Crippen LogP contribution in [-0.2, 0) is 19.7 Å². The second kappa shape index (κ2) is 9.61. The number of tetrazole rings is 1. The molecule has 0 radical (unpaired) electrons. The molecule has 7 nitrogen and oxygen atoms in total. The number of ether oxygens (including phenoxy) is 2. The van der Waals surface area contributed by atoms with Crippen LogP contribution in [0.5, 0.6) is 11.5 Å². The monoisotopic (exact) mass is 421 g/mol. The zero-order valence-corrected chi connectivity index (χ0v) is 17.2. The molecule has 28 heavy (non-hydrogen) atoms. The summed E-state index contributed by atoms with van der Waals surface area (Å²) in [5.74, 6) is 1.94. The Morgan fingerprint density at radius 3 is 2.64 bits per heavy atom. The third-order valence-electron chi connectivity index (χ3n) is 3.99. The summed E-state index contributed by atoms with van der Waals surface area (Å²) >= 11 is 12.2. The smallest absolute Gasteiger partial charge is 0.243 e. The molecule has 9 heteroatoms. The molecule has 3 aromatic rings. The Kier molecular flexibility index (Phi) is 6.95. The molecule has 1 N–H and O–H groups in total. The topological polar surface area (TPSA) is 74.1 Å². The van der Waals surface area contributed by atoms with Gasteiger partial charge in [-0.05, 0) is 54.1 Å². The van der Waals surface area contributed by atoms with Gasteiger partial charge in [0.1, 0.15) is 6.61 Å². The lowest BCUT2D eigenvalue weighted by atomic mass is 10.2. The lowest BCUT2D eigenvalue weighted by Gasteiger charge is -2.14. The van der Waals surface area contributed by atoms with Gasteiger partial charge in [0.15, 0.2) is 11.5 Å². The Balaban J connectivity index is 1.69. The van der Waals surface area contributed by atoms with Crippen molar-refractivity contribution in [3.63, 3.8) is 0 Å². The molecular formula is C19H21Cl2N5O2. The van der Waals surface area contributed by atoms with Gasteiger partial charge in [-0.2, -0.15) is 0 Å². The first-order valence-electron chi connectivity index (χ1n) is 8.93. The van der Waals surface area contributed by atoms with E-state index in [0.29, 0.717) is 53.8 Å². The maximum Gasteiger partial charge on any atom is 0.243 e. The van der Waals surface area contributed by atoms with Crippen LogP contribution in [-0.4, -0.2) is 26.8 Å². The van der Waals surface area contributed by atoms with Crippen molar-refractivity contribution < 1.29 is 9.47 Å². The summed E-state index contributed by atoms with van der Waals surface area (Å²) in [4.78, 5) is 0. The molecule has 0 amide bonds. The lowest BCUT2D eigenvalue weighted by Crippen LogP contribution is -2.08. The third-order valence-corrected chi connectivity index (χ3v) is 4.58.